The fourth-order valence-corrected chi connectivity index (χ4v) is 4.23. The summed E-state index contributed by atoms with van der Waals surface area (Å²) in [5.74, 6) is -0.133. The van der Waals surface area contributed by atoms with Gasteiger partial charge in [-0.1, -0.05) is 37.3 Å². The summed E-state index contributed by atoms with van der Waals surface area (Å²) < 4.78 is 5.20. The molecule has 2 amide bonds. The van der Waals surface area contributed by atoms with Crippen molar-refractivity contribution in [2.75, 3.05) is 42.9 Å². The van der Waals surface area contributed by atoms with Gasteiger partial charge in [-0.3, -0.25) is 14.7 Å². The van der Waals surface area contributed by atoms with Gasteiger partial charge in [0.1, 0.15) is 6.61 Å². The zero-order valence-electron chi connectivity index (χ0n) is 20.7. The third-order valence-corrected chi connectivity index (χ3v) is 6.14. The number of rotatable bonds is 9. The molecule has 36 heavy (non-hydrogen) atoms. The Morgan fingerprint density at radius 2 is 1.72 bits per heavy atom. The molecule has 1 fully saturated rings. The lowest BCUT2D eigenvalue weighted by Gasteiger charge is -2.36. The molecule has 2 aromatic carbocycles. The number of ether oxygens (including phenoxy) is 1. The summed E-state index contributed by atoms with van der Waals surface area (Å²) in [6.45, 7) is 7.66. The van der Waals surface area contributed by atoms with Gasteiger partial charge < -0.3 is 20.3 Å². The second-order valence-corrected chi connectivity index (χ2v) is 8.79. The summed E-state index contributed by atoms with van der Waals surface area (Å²) in [4.78, 5) is 33.8. The Labute approximate surface area is 212 Å². The van der Waals surface area contributed by atoms with E-state index in [0.29, 0.717) is 17.8 Å². The molecule has 4 rings (SSSR count). The molecule has 2 N–H and O–H groups in total. The molecule has 0 unspecified atom stereocenters. The van der Waals surface area contributed by atoms with E-state index in [1.165, 1.54) is 0 Å². The van der Waals surface area contributed by atoms with E-state index in [4.69, 9.17) is 4.74 Å². The number of alkyl carbamates (subject to hydrolysis) is 1. The van der Waals surface area contributed by atoms with E-state index in [2.05, 4.69) is 32.3 Å². The van der Waals surface area contributed by atoms with Crippen molar-refractivity contribution in [2.45, 2.75) is 26.5 Å². The smallest absolute Gasteiger partial charge is 0.407 e. The minimum Gasteiger partial charge on any atom is -0.445 e. The number of nitrogens with one attached hydrogen (secondary N) is 2. The first-order valence-corrected chi connectivity index (χ1v) is 12.4. The Bertz CT molecular complexity index is 1130. The highest BCUT2D eigenvalue weighted by molar-refractivity contribution is 6.08. The standard InChI is InChI=1S/C28H33N5O3/c1-2-14-32-15-17-33(18-16-32)26-8-4-3-7-25(26)27(34)31-24-11-9-22(10-12-24)20-30-28(35)36-21-23-6-5-13-29-19-23/h3-13,19H,2,14-18,20-21H2,1H3,(H,30,35)(H,31,34). The van der Waals surface area contributed by atoms with Crippen molar-refractivity contribution < 1.29 is 14.3 Å². The maximum Gasteiger partial charge on any atom is 0.407 e. The molecule has 0 bridgehead atoms. The third kappa shape index (κ3) is 7.05. The van der Waals surface area contributed by atoms with Crippen molar-refractivity contribution in [1.82, 2.24) is 15.2 Å². The summed E-state index contributed by atoms with van der Waals surface area (Å²) in [6, 6.07) is 18.8. The Hall–Kier alpha value is -3.91. The van der Waals surface area contributed by atoms with Gasteiger partial charge in [-0.05, 0) is 48.9 Å². The molecule has 1 saturated heterocycles. The van der Waals surface area contributed by atoms with Crippen molar-refractivity contribution in [3.05, 3.63) is 89.7 Å². The van der Waals surface area contributed by atoms with Gasteiger partial charge in [-0.15, -0.1) is 0 Å². The topological polar surface area (TPSA) is 86.8 Å². The van der Waals surface area contributed by atoms with Crippen LogP contribution >= 0.6 is 0 Å². The maximum absolute atomic E-state index is 13.1. The summed E-state index contributed by atoms with van der Waals surface area (Å²) in [5.41, 5.74) is 4.07. The number of hydrogen-bond acceptors (Lipinski definition) is 6. The molecule has 3 aromatic rings. The monoisotopic (exact) mass is 487 g/mol. The van der Waals surface area contributed by atoms with Crippen molar-refractivity contribution in [3.8, 4) is 0 Å². The van der Waals surface area contributed by atoms with E-state index in [-0.39, 0.29) is 12.5 Å². The van der Waals surface area contributed by atoms with Gasteiger partial charge in [-0.2, -0.15) is 0 Å². The lowest BCUT2D eigenvalue weighted by molar-refractivity contribution is 0.102. The lowest BCUT2D eigenvalue weighted by atomic mass is 10.1. The number of hydrogen-bond donors (Lipinski definition) is 2. The van der Waals surface area contributed by atoms with Gasteiger partial charge in [0.2, 0.25) is 0 Å². The number of pyridine rings is 1. The van der Waals surface area contributed by atoms with Gasteiger partial charge in [-0.25, -0.2) is 4.79 Å². The molecule has 0 aliphatic carbocycles. The Kier molecular flexibility index (Phi) is 8.88. The van der Waals surface area contributed by atoms with Crippen LogP contribution in [0.5, 0.6) is 0 Å². The van der Waals surface area contributed by atoms with Crippen LogP contribution in [-0.2, 0) is 17.9 Å². The zero-order valence-corrected chi connectivity index (χ0v) is 20.7. The number of carbonyl (C=O) groups excluding carboxylic acids is 2. The van der Waals surface area contributed by atoms with E-state index >= 15 is 0 Å². The normalized spacial score (nSPS) is 13.8. The number of nitrogens with zero attached hydrogens (tertiary/aromatic N) is 3. The van der Waals surface area contributed by atoms with Gasteiger partial charge in [0.05, 0.1) is 5.56 Å². The molecule has 0 spiro atoms. The number of para-hydroxylation sites is 1. The van der Waals surface area contributed by atoms with Crippen LogP contribution < -0.4 is 15.5 Å². The summed E-state index contributed by atoms with van der Waals surface area (Å²) >= 11 is 0. The number of carbonyl (C=O) groups is 2. The molecule has 0 atom stereocenters. The molecule has 8 heteroatoms. The molecule has 1 aromatic heterocycles. The molecule has 8 nitrogen and oxygen atoms in total. The Morgan fingerprint density at radius 1 is 0.944 bits per heavy atom. The van der Waals surface area contributed by atoms with E-state index in [1.54, 1.807) is 18.5 Å². The summed E-state index contributed by atoms with van der Waals surface area (Å²) in [5, 5.41) is 5.74. The van der Waals surface area contributed by atoms with Gasteiger partial charge >= 0.3 is 6.09 Å². The van der Waals surface area contributed by atoms with E-state index < -0.39 is 6.09 Å². The average Bonchev–Trinajstić information content (AvgIpc) is 2.93. The quantitative estimate of drug-likeness (QED) is 0.468. The fraction of sp³-hybridized carbons (Fsp3) is 0.321. The zero-order chi connectivity index (χ0) is 25.2. The second-order valence-electron chi connectivity index (χ2n) is 8.79. The predicted octanol–water partition coefficient (Wildman–Crippen LogP) is 4.29. The van der Waals surface area contributed by atoms with Crippen molar-refractivity contribution >= 4 is 23.4 Å². The number of benzene rings is 2. The van der Waals surface area contributed by atoms with E-state index in [0.717, 1.165) is 56.0 Å². The van der Waals surface area contributed by atoms with Crippen LogP contribution in [0, 0.1) is 0 Å². The van der Waals surface area contributed by atoms with Crippen LogP contribution in [-0.4, -0.2) is 54.6 Å². The third-order valence-electron chi connectivity index (χ3n) is 6.14. The van der Waals surface area contributed by atoms with Crippen molar-refractivity contribution in [3.63, 3.8) is 0 Å². The maximum atomic E-state index is 13.1. The fourth-order valence-electron chi connectivity index (χ4n) is 4.23. The molecule has 188 valence electrons. The van der Waals surface area contributed by atoms with Crippen molar-refractivity contribution in [2.24, 2.45) is 0 Å². The number of anilines is 2. The Balaban J connectivity index is 1.28. The van der Waals surface area contributed by atoms with Crippen LogP contribution in [0.2, 0.25) is 0 Å². The van der Waals surface area contributed by atoms with E-state index in [9.17, 15) is 9.59 Å². The van der Waals surface area contributed by atoms with Crippen LogP contribution in [0.25, 0.3) is 0 Å². The van der Waals surface area contributed by atoms with E-state index in [1.807, 2.05) is 54.6 Å². The first kappa shape index (κ1) is 25.2. The first-order chi connectivity index (χ1) is 17.6. The van der Waals surface area contributed by atoms with Crippen LogP contribution in [0.15, 0.2) is 73.1 Å². The molecular weight excluding hydrogens is 454 g/mol. The Morgan fingerprint density at radius 3 is 2.44 bits per heavy atom. The van der Waals surface area contributed by atoms with Crippen LogP contribution in [0.3, 0.4) is 0 Å². The largest absolute Gasteiger partial charge is 0.445 e. The molecule has 1 aliphatic rings. The molecule has 1 aliphatic heterocycles. The van der Waals surface area contributed by atoms with Crippen molar-refractivity contribution in [1.29, 1.82) is 0 Å². The molecular formula is C28H33N5O3. The average molecular weight is 488 g/mol. The predicted molar refractivity (Wildman–Crippen MR) is 141 cm³/mol. The summed E-state index contributed by atoms with van der Waals surface area (Å²) in [6.07, 6.45) is 3.99. The SMILES string of the molecule is CCCN1CCN(c2ccccc2C(=O)Nc2ccc(CNC(=O)OCc3cccnc3)cc2)CC1. The van der Waals surface area contributed by atoms with Gasteiger partial charge in [0, 0.05) is 62.1 Å². The second kappa shape index (κ2) is 12.7. The molecule has 2 heterocycles. The van der Waals surface area contributed by atoms with Crippen LogP contribution in [0.4, 0.5) is 16.2 Å². The molecule has 0 saturated carbocycles. The van der Waals surface area contributed by atoms with Gasteiger partial charge in [0.15, 0.2) is 0 Å². The number of amides is 2. The van der Waals surface area contributed by atoms with Crippen LogP contribution in [0.1, 0.15) is 34.8 Å². The first-order valence-electron chi connectivity index (χ1n) is 12.4. The molecule has 0 radical (unpaired) electrons. The summed E-state index contributed by atoms with van der Waals surface area (Å²) in [7, 11) is 0. The minimum atomic E-state index is -0.497. The highest BCUT2D eigenvalue weighted by Gasteiger charge is 2.21. The highest BCUT2D eigenvalue weighted by atomic mass is 16.5. The minimum absolute atomic E-state index is 0.133. The number of piperazine rings is 1. The van der Waals surface area contributed by atoms with Gasteiger partial charge in [0.25, 0.3) is 5.91 Å². The lowest BCUT2D eigenvalue weighted by Crippen LogP contribution is -2.47. The number of aromatic nitrogens is 1. The highest BCUT2D eigenvalue weighted by Crippen LogP contribution is 2.23.